The number of aryl methyl sites for hydroxylation is 3. The van der Waals surface area contributed by atoms with Crippen molar-refractivity contribution in [2.45, 2.75) is 52.1 Å². The maximum Gasteiger partial charge on any atom is 0.271 e. The van der Waals surface area contributed by atoms with Crippen LogP contribution in [0.25, 0.3) is 11.1 Å². The van der Waals surface area contributed by atoms with E-state index in [1.807, 2.05) is 22.8 Å². The van der Waals surface area contributed by atoms with E-state index in [0.717, 1.165) is 32.2 Å². The SMILES string of the molecule is CCc1ccc2c(c1)S/C(=c1/s/c(=C\c3scc[n+]3Cc3cc(C)sc3C)n(CC)c1=O)N2C.[Cl-]. The second kappa shape index (κ2) is 10.6. The molecule has 0 atom stereocenters. The van der Waals surface area contributed by atoms with E-state index in [9.17, 15) is 4.79 Å². The van der Waals surface area contributed by atoms with Crippen LogP contribution in [0.15, 0.2) is 45.5 Å². The summed E-state index contributed by atoms with van der Waals surface area (Å²) in [4.78, 5) is 19.6. The van der Waals surface area contributed by atoms with Gasteiger partial charge in [-0.25, -0.2) is 0 Å². The van der Waals surface area contributed by atoms with Crippen LogP contribution in [0.2, 0.25) is 0 Å². The number of hydrogen-bond acceptors (Lipinski definition) is 6. The van der Waals surface area contributed by atoms with Crippen LogP contribution in [0.1, 0.15) is 39.7 Å². The van der Waals surface area contributed by atoms with Gasteiger partial charge in [0, 0.05) is 33.8 Å². The highest BCUT2D eigenvalue weighted by Crippen LogP contribution is 2.45. The van der Waals surface area contributed by atoms with E-state index in [2.05, 4.69) is 79.2 Å². The summed E-state index contributed by atoms with van der Waals surface area (Å²) in [5, 5.41) is 4.32. The van der Waals surface area contributed by atoms with E-state index in [-0.39, 0.29) is 18.0 Å². The first-order valence-electron chi connectivity index (χ1n) is 11.4. The van der Waals surface area contributed by atoms with Crippen molar-refractivity contribution >= 4 is 62.6 Å². The van der Waals surface area contributed by atoms with Gasteiger partial charge in [-0.05, 0) is 51.0 Å². The molecule has 184 valence electrons. The van der Waals surface area contributed by atoms with Gasteiger partial charge in [-0.3, -0.25) is 9.36 Å². The molecule has 0 bridgehead atoms. The number of halogens is 1. The number of rotatable bonds is 5. The predicted molar refractivity (Wildman–Crippen MR) is 148 cm³/mol. The third-order valence-electron chi connectivity index (χ3n) is 6.17. The molecule has 0 radical (unpaired) electrons. The summed E-state index contributed by atoms with van der Waals surface area (Å²) in [7, 11) is 2.07. The van der Waals surface area contributed by atoms with Gasteiger partial charge in [-0.15, -0.1) is 22.7 Å². The quantitative estimate of drug-likeness (QED) is 0.347. The summed E-state index contributed by atoms with van der Waals surface area (Å²) in [6.07, 6.45) is 5.34. The van der Waals surface area contributed by atoms with Crippen molar-refractivity contribution in [2.24, 2.45) is 0 Å². The Morgan fingerprint density at radius 3 is 2.60 bits per heavy atom. The van der Waals surface area contributed by atoms with Crippen LogP contribution in [-0.4, -0.2) is 11.6 Å². The van der Waals surface area contributed by atoms with Crippen LogP contribution >= 0.6 is 45.8 Å². The minimum atomic E-state index is 0. The predicted octanol–water partition coefficient (Wildman–Crippen LogP) is 1.71. The summed E-state index contributed by atoms with van der Waals surface area (Å²) < 4.78 is 6.02. The third-order valence-corrected chi connectivity index (χ3v) is 10.5. The molecule has 9 heteroatoms. The van der Waals surface area contributed by atoms with Crippen LogP contribution in [0.5, 0.6) is 0 Å². The summed E-state index contributed by atoms with van der Waals surface area (Å²) in [5.41, 5.74) is 3.97. The van der Waals surface area contributed by atoms with Crippen molar-refractivity contribution in [3.05, 3.63) is 81.3 Å². The first kappa shape index (κ1) is 26.2. The molecule has 0 saturated carbocycles. The number of aromatic nitrogens is 2. The van der Waals surface area contributed by atoms with E-state index in [1.165, 1.54) is 31.5 Å². The number of thiophene rings is 1. The van der Waals surface area contributed by atoms with Crippen LogP contribution in [0, 0.1) is 13.8 Å². The van der Waals surface area contributed by atoms with Crippen molar-refractivity contribution in [3.8, 4) is 0 Å². The molecule has 35 heavy (non-hydrogen) atoms. The molecule has 1 aliphatic rings. The second-order valence-corrected chi connectivity index (χ2v) is 12.8. The molecule has 4 nitrogen and oxygen atoms in total. The standard InChI is InChI=1S/C26H28N3OS4.ClH/c1-6-18-8-9-20-21(13-18)33-26(27(20)5)24-25(30)29(7-2)23(34-24)14-22-28(10-11-31-22)15-19-12-16(3)32-17(19)4;/h8-14H,6-7,15H2,1-5H3;1H/q+1;/p-1/b26-24+;. The maximum atomic E-state index is 13.5. The molecule has 0 N–H and O–H groups in total. The van der Waals surface area contributed by atoms with E-state index in [4.69, 9.17) is 0 Å². The van der Waals surface area contributed by atoms with Gasteiger partial charge in [0.1, 0.15) is 14.2 Å². The average molecular weight is 562 g/mol. The number of benzene rings is 1. The normalized spacial score (nSPS) is 15.0. The molecule has 0 fully saturated rings. The lowest BCUT2D eigenvalue weighted by Gasteiger charge is -2.12. The topological polar surface area (TPSA) is 29.1 Å². The molecule has 0 amide bonds. The number of anilines is 1. The molecule has 1 aromatic carbocycles. The average Bonchev–Trinajstić information content (AvgIpc) is 3.55. The zero-order chi connectivity index (χ0) is 24.0. The largest absolute Gasteiger partial charge is 1.00 e. The summed E-state index contributed by atoms with van der Waals surface area (Å²) >= 11 is 6.89. The van der Waals surface area contributed by atoms with Gasteiger partial charge in [-0.2, -0.15) is 4.57 Å². The van der Waals surface area contributed by atoms with Crippen LogP contribution < -0.4 is 36.6 Å². The molecular weight excluding hydrogens is 534 g/mol. The fraction of sp³-hybridized carbons (Fsp3) is 0.308. The fourth-order valence-electron chi connectivity index (χ4n) is 4.28. The Hall–Kier alpha value is -1.84. The molecule has 0 aliphatic carbocycles. The Bertz CT molecular complexity index is 1560. The lowest BCUT2D eigenvalue weighted by molar-refractivity contribution is -0.685. The number of fused-ring (bicyclic) bond motifs is 1. The second-order valence-electron chi connectivity index (χ2n) is 8.39. The first-order valence-corrected chi connectivity index (χ1v) is 14.8. The Balaban J connectivity index is 0.00000289. The molecule has 0 spiro atoms. The van der Waals surface area contributed by atoms with E-state index >= 15 is 0 Å². The zero-order valence-electron chi connectivity index (χ0n) is 20.4. The van der Waals surface area contributed by atoms with E-state index in [0.29, 0.717) is 6.54 Å². The number of nitrogens with zero attached hydrogens (tertiary/aromatic N) is 3. The molecular formula is C26H28ClN3OS4. The van der Waals surface area contributed by atoms with Gasteiger partial charge in [0.25, 0.3) is 10.6 Å². The maximum absolute atomic E-state index is 13.5. The lowest BCUT2D eigenvalue weighted by Crippen LogP contribution is -3.00. The number of hydrogen-bond donors (Lipinski definition) is 0. The van der Waals surface area contributed by atoms with Crippen LogP contribution in [0.3, 0.4) is 0 Å². The van der Waals surface area contributed by atoms with Crippen molar-refractivity contribution in [1.82, 2.24) is 4.57 Å². The van der Waals surface area contributed by atoms with Gasteiger partial charge in [-0.1, -0.05) is 36.1 Å². The molecule has 0 saturated heterocycles. The van der Waals surface area contributed by atoms with Crippen molar-refractivity contribution in [2.75, 3.05) is 11.9 Å². The third kappa shape index (κ3) is 4.91. The molecule has 1 aliphatic heterocycles. The fourth-order valence-corrected chi connectivity index (χ4v) is 8.60. The Kier molecular flexibility index (Phi) is 7.98. The van der Waals surface area contributed by atoms with Gasteiger partial charge in [0.15, 0.2) is 12.7 Å². The van der Waals surface area contributed by atoms with Gasteiger partial charge in [0.05, 0.1) is 17.1 Å². The summed E-state index contributed by atoms with van der Waals surface area (Å²) in [6, 6.07) is 8.90. The highest BCUT2D eigenvalue weighted by Gasteiger charge is 2.25. The van der Waals surface area contributed by atoms with Gasteiger partial charge < -0.3 is 17.3 Å². The lowest BCUT2D eigenvalue weighted by atomic mass is 10.1. The smallest absolute Gasteiger partial charge is 0.271 e. The summed E-state index contributed by atoms with van der Waals surface area (Å²) in [6.45, 7) is 10.1. The Labute approximate surface area is 228 Å². The highest BCUT2D eigenvalue weighted by molar-refractivity contribution is 8.08. The van der Waals surface area contributed by atoms with E-state index in [1.54, 1.807) is 34.4 Å². The number of thiazole rings is 2. The molecule has 3 aromatic heterocycles. The van der Waals surface area contributed by atoms with Gasteiger partial charge >= 0.3 is 0 Å². The molecule has 4 heterocycles. The number of thioether (sulfide) groups is 1. The Morgan fingerprint density at radius 2 is 1.91 bits per heavy atom. The molecule has 5 rings (SSSR count). The highest BCUT2D eigenvalue weighted by atomic mass is 35.5. The summed E-state index contributed by atoms with van der Waals surface area (Å²) in [5.74, 6) is 0. The molecule has 4 aromatic rings. The van der Waals surface area contributed by atoms with E-state index < -0.39 is 0 Å². The monoisotopic (exact) mass is 561 g/mol. The minimum Gasteiger partial charge on any atom is -1.00 e. The van der Waals surface area contributed by atoms with Crippen LogP contribution in [0.4, 0.5) is 5.69 Å². The van der Waals surface area contributed by atoms with Gasteiger partial charge in [0.2, 0.25) is 0 Å². The van der Waals surface area contributed by atoms with Crippen molar-refractivity contribution in [1.29, 1.82) is 0 Å². The minimum absolute atomic E-state index is 0. The zero-order valence-corrected chi connectivity index (χ0v) is 24.4. The Morgan fingerprint density at radius 1 is 1.11 bits per heavy atom. The first-order chi connectivity index (χ1) is 16.4. The van der Waals surface area contributed by atoms with Crippen molar-refractivity contribution < 1.29 is 17.0 Å². The van der Waals surface area contributed by atoms with Crippen LogP contribution in [-0.2, 0) is 19.5 Å². The van der Waals surface area contributed by atoms with Crippen molar-refractivity contribution in [3.63, 3.8) is 0 Å². The molecule has 0 unspecified atom stereocenters.